The lowest BCUT2D eigenvalue weighted by Gasteiger charge is -2.24. The number of carbonyl (C=O) groups excluding carboxylic acids is 2. The second-order valence-electron chi connectivity index (χ2n) is 19.0. The van der Waals surface area contributed by atoms with Gasteiger partial charge in [0.15, 0.2) is 0 Å². The molecular weight excluding hydrogens is 803 g/mol. The van der Waals surface area contributed by atoms with E-state index >= 15 is 0 Å². The molecule has 0 aliphatic heterocycles. The van der Waals surface area contributed by atoms with E-state index in [1.165, 1.54) is 122 Å². The summed E-state index contributed by atoms with van der Waals surface area (Å²) in [6.07, 6.45) is 65.7. The van der Waals surface area contributed by atoms with Crippen LogP contribution in [-0.4, -0.2) is 46.9 Å². The fraction of sp³-hybridized carbons (Fsp3) is 0.797. The number of ether oxygens (including phenoxy) is 1. The highest BCUT2D eigenvalue weighted by atomic mass is 16.5. The largest absolute Gasteiger partial charge is 0.462 e. The molecule has 0 bridgehead atoms. The molecular formula is C59H107NO5. The maximum absolute atomic E-state index is 13.2. The molecule has 0 aliphatic carbocycles. The third-order valence-electron chi connectivity index (χ3n) is 12.6. The highest BCUT2D eigenvalue weighted by Crippen LogP contribution is 2.18. The molecule has 3 N–H and O–H groups in total. The van der Waals surface area contributed by atoms with Gasteiger partial charge in [-0.1, -0.05) is 242 Å². The quantitative estimate of drug-likeness (QED) is 0.0245. The van der Waals surface area contributed by atoms with E-state index in [9.17, 15) is 19.8 Å². The standard InChI is InChI=1S/C59H107NO5/c1-4-7-10-13-16-19-22-25-28-29-30-31-34-37-40-43-46-49-52-59(64)65-55(50-47-44-41-38-35-32-26-23-20-17-14-11-8-5-2)53-58(63)60-56(54-61)57(62)51-48-45-42-39-36-33-27-24-21-18-15-12-9-6-3/h8,11,17,20,26,28-32,55-57,61-62H,4-7,9-10,12-16,18-19,21-25,27,33-54H2,1-3H3,(H,60,63)/b11-8+,20-17+,29-28+,31-30+,32-26+. The summed E-state index contributed by atoms with van der Waals surface area (Å²) in [5.74, 6) is -0.508. The fourth-order valence-electron chi connectivity index (χ4n) is 8.38. The van der Waals surface area contributed by atoms with Crippen LogP contribution in [0.1, 0.15) is 278 Å². The van der Waals surface area contributed by atoms with Crippen LogP contribution in [0.15, 0.2) is 60.8 Å². The van der Waals surface area contributed by atoms with Crippen LogP contribution < -0.4 is 5.32 Å². The second kappa shape index (κ2) is 52.5. The lowest BCUT2D eigenvalue weighted by Crippen LogP contribution is -2.46. The number of nitrogens with one attached hydrogen (secondary N) is 1. The maximum atomic E-state index is 13.2. The van der Waals surface area contributed by atoms with Crippen LogP contribution in [0.25, 0.3) is 0 Å². The second-order valence-corrected chi connectivity index (χ2v) is 19.0. The summed E-state index contributed by atoms with van der Waals surface area (Å²) in [6, 6.07) is -0.714. The normalized spacial score (nSPS) is 13.6. The Labute approximate surface area is 403 Å². The van der Waals surface area contributed by atoms with Crippen molar-refractivity contribution >= 4 is 11.9 Å². The van der Waals surface area contributed by atoms with Crippen LogP contribution in [0, 0.1) is 0 Å². The SMILES string of the molecule is CC/C=C/C/C=C/C/C=C/CCCCCCC(CC(=O)NC(CO)C(O)CCCCCCCCCCCCCCCC)OC(=O)CCCCCCC/C=C/C=C/CCCCCCCCC. The number of rotatable bonds is 50. The molecule has 0 aliphatic rings. The zero-order valence-corrected chi connectivity index (χ0v) is 43.1. The third kappa shape index (κ3) is 47.8. The van der Waals surface area contributed by atoms with E-state index in [-0.39, 0.29) is 24.9 Å². The highest BCUT2D eigenvalue weighted by Gasteiger charge is 2.24. The fourth-order valence-corrected chi connectivity index (χ4v) is 8.38. The van der Waals surface area contributed by atoms with Crippen molar-refractivity contribution in [3.63, 3.8) is 0 Å². The molecule has 0 fully saturated rings. The molecule has 6 nitrogen and oxygen atoms in total. The summed E-state index contributed by atoms with van der Waals surface area (Å²) in [6.45, 7) is 6.37. The summed E-state index contributed by atoms with van der Waals surface area (Å²) in [5, 5.41) is 23.8. The molecule has 0 rings (SSSR count). The smallest absolute Gasteiger partial charge is 0.306 e. The van der Waals surface area contributed by atoms with Crippen LogP contribution in [0.4, 0.5) is 0 Å². The average Bonchev–Trinajstić information content (AvgIpc) is 3.30. The number of hydrogen-bond acceptors (Lipinski definition) is 5. The Morgan fingerprint density at radius 3 is 1.35 bits per heavy atom. The number of amides is 1. The lowest BCUT2D eigenvalue weighted by molar-refractivity contribution is -0.151. The van der Waals surface area contributed by atoms with Crippen molar-refractivity contribution in [2.75, 3.05) is 6.61 Å². The van der Waals surface area contributed by atoms with Crippen LogP contribution in [-0.2, 0) is 14.3 Å². The van der Waals surface area contributed by atoms with Gasteiger partial charge >= 0.3 is 5.97 Å². The summed E-state index contributed by atoms with van der Waals surface area (Å²) < 4.78 is 5.94. The van der Waals surface area contributed by atoms with Gasteiger partial charge in [0.1, 0.15) is 6.10 Å². The van der Waals surface area contributed by atoms with Crippen LogP contribution in [0.2, 0.25) is 0 Å². The lowest BCUT2D eigenvalue weighted by atomic mass is 10.0. The molecule has 6 heteroatoms. The van der Waals surface area contributed by atoms with Crippen LogP contribution in [0.5, 0.6) is 0 Å². The third-order valence-corrected chi connectivity index (χ3v) is 12.6. The number of carbonyl (C=O) groups is 2. The molecule has 0 radical (unpaired) electrons. The van der Waals surface area contributed by atoms with Crippen LogP contribution >= 0.6 is 0 Å². The van der Waals surface area contributed by atoms with Gasteiger partial charge in [0.25, 0.3) is 0 Å². The molecule has 0 aromatic rings. The van der Waals surface area contributed by atoms with E-state index in [0.717, 1.165) is 109 Å². The van der Waals surface area contributed by atoms with E-state index in [1.54, 1.807) is 0 Å². The van der Waals surface area contributed by atoms with Crippen LogP contribution in [0.3, 0.4) is 0 Å². The van der Waals surface area contributed by atoms with E-state index in [1.807, 2.05) is 0 Å². The predicted octanol–water partition coefficient (Wildman–Crippen LogP) is 17.2. The molecule has 3 unspecified atom stereocenters. The van der Waals surface area contributed by atoms with Crippen molar-refractivity contribution in [2.24, 2.45) is 0 Å². The molecule has 3 atom stereocenters. The van der Waals surface area contributed by atoms with E-state index < -0.39 is 18.2 Å². The minimum atomic E-state index is -0.798. The van der Waals surface area contributed by atoms with Gasteiger partial charge in [0.05, 0.1) is 25.2 Å². The van der Waals surface area contributed by atoms with Crippen molar-refractivity contribution in [2.45, 2.75) is 296 Å². The Kier molecular flexibility index (Phi) is 50.6. The molecule has 0 aromatic heterocycles. The van der Waals surface area contributed by atoms with Crippen molar-refractivity contribution in [1.82, 2.24) is 5.32 Å². The minimum Gasteiger partial charge on any atom is -0.462 e. The van der Waals surface area contributed by atoms with E-state index in [4.69, 9.17) is 4.74 Å². The van der Waals surface area contributed by atoms with Crippen molar-refractivity contribution in [1.29, 1.82) is 0 Å². The van der Waals surface area contributed by atoms with E-state index in [2.05, 4.69) is 86.8 Å². The van der Waals surface area contributed by atoms with Crippen molar-refractivity contribution < 1.29 is 24.5 Å². The number of aliphatic hydroxyl groups excluding tert-OH is 2. The Bertz CT molecular complexity index is 1160. The highest BCUT2D eigenvalue weighted by molar-refractivity contribution is 5.77. The molecule has 0 saturated carbocycles. The first kappa shape index (κ1) is 62.6. The zero-order valence-electron chi connectivity index (χ0n) is 43.1. The molecule has 1 amide bonds. The summed E-state index contributed by atoms with van der Waals surface area (Å²) >= 11 is 0. The Balaban J connectivity index is 4.60. The Morgan fingerprint density at radius 1 is 0.477 bits per heavy atom. The number of allylic oxidation sites excluding steroid dienone is 10. The van der Waals surface area contributed by atoms with Gasteiger partial charge in [-0.3, -0.25) is 9.59 Å². The first-order chi connectivity index (χ1) is 32.0. The molecule has 378 valence electrons. The minimum absolute atomic E-state index is 0.0557. The summed E-state index contributed by atoms with van der Waals surface area (Å²) in [4.78, 5) is 26.2. The molecule has 0 saturated heterocycles. The number of hydrogen-bond donors (Lipinski definition) is 3. The zero-order chi connectivity index (χ0) is 47.4. The molecule has 0 spiro atoms. The van der Waals surface area contributed by atoms with Gasteiger partial charge in [-0.05, 0) is 83.5 Å². The van der Waals surface area contributed by atoms with Gasteiger partial charge in [-0.25, -0.2) is 0 Å². The van der Waals surface area contributed by atoms with Gasteiger partial charge in [0.2, 0.25) is 5.91 Å². The number of aliphatic hydroxyl groups is 2. The Hall–Kier alpha value is -2.44. The Morgan fingerprint density at radius 2 is 0.877 bits per heavy atom. The maximum Gasteiger partial charge on any atom is 0.306 e. The first-order valence-electron chi connectivity index (χ1n) is 28.0. The molecule has 65 heavy (non-hydrogen) atoms. The van der Waals surface area contributed by atoms with Crippen molar-refractivity contribution in [3.8, 4) is 0 Å². The average molecular weight is 911 g/mol. The molecule has 0 heterocycles. The van der Waals surface area contributed by atoms with Gasteiger partial charge in [-0.2, -0.15) is 0 Å². The monoisotopic (exact) mass is 910 g/mol. The predicted molar refractivity (Wildman–Crippen MR) is 282 cm³/mol. The summed E-state index contributed by atoms with van der Waals surface area (Å²) in [7, 11) is 0. The summed E-state index contributed by atoms with van der Waals surface area (Å²) in [5.41, 5.74) is 0. The number of unbranched alkanes of at least 4 members (excludes halogenated alkanes) is 29. The van der Waals surface area contributed by atoms with Gasteiger partial charge in [0, 0.05) is 6.42 Å². The van der Waals surface area contributed by atoms with Crippen molar-refractivity contribution in [3.05, 3.63) is 60.8 Å². The molecule has 0 aromatic carbocycles. The van der Waals surface area contributed by atoms with Gasteiger partial charge in [-0.15, -0.1) is 0 Å². The first-order valence-corrected chi connectivity index (χ1v) is 28.0. The number of esters is 1. The van der Waals surface area contributed by atoms with Gasteiger partial charge < -0.3 is 20.3 Å². The topological polar surface area (TPSA) is 95.9 Å². The van der Waals surface area contributed by atoms with E-state index in [0.29, 0.717) is 19.3 Å².